The average molecular weight is 210 g/mol. The van der Waals surface area contributed by atoms with Crippen molar-refractivity contribution < 1.29 is 9.84 Å². The predicted molar refractivity (Wildman–Crippen MR) is 58.5 cm³/mol. The van der Waals surface area contributed by atoms with E-state index in [1.165, 1.54) is 0 Å². The number of ether oxygens (including phenoxy) is 1. The first-order valence-corrected chi connectivity index (χ1v) is 5.04. The molecule has 0 aliphatic heterocycles. The van der Waals surface area contributed by atoms with Gasteiger partial charge in [0, 0.05) is 19.3 Å². The molecule has 0 saturated carbocycles. The molecule has 0 spiro atoms. The Morgan fingerprint density at radius 3 is 2.87 bits per heavy atom. The quantitative estimate of drug-likeness (QED) is 0.727. The first-order valence-electron chi connectivity index (χ1n) is 5.04. The summed E-state index contributed by atoms with van der Waals surface area (Å²) in [6.07, 6.45) is 1.76. The second-order valence-electron chi connectivity index (χ2n) is 3.48. The zero-order chi connectivity index (χ0) is 11.1. The fraction of sp³-hybridized carbons (Fsp3) is 0.545. The number of aliphatic hydroxyl groups excluding tert-OH is 1. The standard InChI is InChI=1S/C11H18N2O2/c1-9(11-5-3-4-6-12-11)13-10(7-14)8-15-2/h3-6,9-10,13-14H,7-8H2,1-2H3. The van der Waals surface area contributed by atoms with Gasteiger partial charge in [0.15, 0.2) is 0 Å². The monoisotopic (exact) mass is 210 g/mol. The van der Waals surface area contributed by atoms with Crippen molar-refractivity contribution in [2.75, 3.05) is 20.3 Å². The number of methoxy groups -OCH3 is 1. The molecule has 2 atom stereocenters. The summed E-state index contributed by atoms with van der Waals surface area (Å²) in [5.74, 6) is 0. The van der Waals surface area contributed by atoms with Gasteiger partial charge in [-0.15, -0.1) is 0 Å². The van der Waals surface area contributed by atoms with Crippen molar-refractivity contribution in [1.82, 2.24) is 10.3 Å². The number of aliphatic hydroxyl groups is 1. The summed E-state index contributed by atoms with van der Waals surface area (Å²) in [7, 11) is 1.62. The lowest BCUT2D eigenvalue weighted by atomic mass is 10.2. The number of hydrogen-bond donors (Lipinski definition) is 2. The van der Waals surface area contributed by atoms with Crippen LogP contribution < -0.4 is 5.32 Å². The van der Waals surface area contributed by atoms with Crippen molar-refractivity contribution in [2.45, 2.75) is 19.0 Å². The summed E-state index contributed by atoms with van der Waals surface area (Å²) in [6, 6.07) is 5.85. The minimum atomic E-state index is -0.0491. The molecule has 0 aliphatic carbocycles. The van der Waals surface area contributed by atoms with E-state index < -0.39 is 0 Å². The van der Waals surface area contributed by atoms with Gasteiger partial charge in [-0.25, -0.2) is 0 Å². The van der Waals surface area contributed by atoms with Gasteiger partial charge in [-0.1, -0.05) is 6.07 Å². The van der Waals surface area contributed by atoms with Crippen LogP contribution in [-0.4, -0.2) is 36.5 Å². The fourth-order valence-corrected chi connectivity index (χ4v) is 1.43. The van der Waals surface area contributed by atoms with Crippen LogP contribution in [0.5, 0.6) is 0 Å². The molecule has 4 nitrogen and oxygen atoms in total. The highest BCUT2D eigenvalue weighted by molar-refractivity contribution is 5.07. The molecule has 0 aromatic carbocycles. The zero-order valence-corrected chi connectivity index (χ0v) is 9.18. The Morgan fingerprint density at radius 2 is 2.33 bits per heavy atom. The average Bonchev–Trinajstić information content (AvgIpc) is 2.29. The third-order valence-electron chi connectivity index (χ3n) is 2.21. The number of nitrogens with zero attached hydrogens (tertiary/aromatic N) is 1. The topological polar surface area (TPSA) is 54.4 Å². The maximum Gasteiger partial charge on any atom is 0.0638 e. The Balaban J connectivity index is 2.50. The maximum atomic E-state index is 9.09. The number of aromatic nitrogens is 1. The smallest absolute Gasteiger partial charge is 0.0638 e. The van der Waals surface area contributed by atoms with E-state index in [0.29, 0.717) is 6.61 Å². The first kappa shape index (κ1) is 12.1. The minimum absolute atomic E-state index is 0.0491. The molecule has 1 aromatic rings. The van der Waals surface area contributed by atoms with Crippen molar-refractivity contribution in [1.29, 1.82) is 0 Å². The van der Waals surface area contributed by atoms with Crippen LogP contribution >= 0.6 is 0 Å². The second-order valence-corrected chi connectivity index (χ2v) is 3.48. The van der Waals surface area contributed by atoms with Crippen LogP contribution in [0.2, 0.25) is 0 Å². The van der Waals surface area contributed by atoms with E-state index in [4.69, 9.17) is 9.84 Å². The third-order valence-corrected chi connectivity index (χ3v) is 2.21. The van der Waals surface area contributed by atoms with Crippen molar-refractivity contribution >= 4 is 0 Å². The normalized spacial score (nSPS) is 14.9. The van der Waals surface area contributed by atoms with Gasteiger partial charge in [0.25, 0.3) is 0 Å². The molecule has 0 aliphatic rings. The Kier molecular flexibility index (Phi) is 5.25. The van der Waals surface area contributed by atoms with Crippen molar-refractivity contribution in [3.05, 3.63) is 30.1 Å². The molecule has 0 amide bonds. The SMILES string of the molecule is COCC(CO)NC(C)c1ccccn1. The van der Waals surface area contributed by atoms with Crippen molar-refractivity contribution in [3.63, 3.8) is 0 Å². The summed E-state index contributed by atoms with van der Waals surface area (Å²) in [4.78, 5) is 4.24. The number of pyridine rings is 1. The van der Waals surface area contributed by atoms with Gasteiger partial charge in [-0.2, -0.15) is 0 Å². The summed E-state index contributed by atoms with van der Waals surface area (Å²) in [5.41, 5.74) is 0.965. The Hall–Kier alpha value is -0.970. The third kappa shape index (κ3) is 3.95. The van der Waals surface area contributed by atoms with Crippen LogP contribution in [0.25, 0.3) is 0 Å². The lowest BCUT2D eigenvalue weighted by molar-refractivity contribution is 0.123. The van der Waals surface area contributed by atoms with Gasteiger partial charge in [0.2, 0.25) is 0 Å². The Labute approximate surface area is 90.3 Å². The fourth-order valence-electron chi connectivity index (χ4n) is 1.43. The van der Waals surface area contributed by atoms with Crippen LogP contribution in [-0.2, 0) is 4.74 Å². The zero-order valence-electron chi connectivity index (χ0n) is 9.18. The van der Waals surface area contributed by atoms with E-state index in [-0.39, 0.29) is 18.7 Å². The van der Waals surface area contributed by atoms with Gasteiger partial charge >= 0.3 is 0 Å². The molecule has 4 heteroatoms. The van der Waals surface area contributed by atoms with E-state index in [9.17, 15) is 0 Å². The molecule has 15 heavy (non-hydrogen) atoms. The van der Waals surface area contributed by atoms with Crippen molar-refractivity contribution in [3.8, 4) is 0 Å². The molecule has 84 valence electrons. The molecule has 0 fully saturated rings. The lowest BCUT2D eigenvalue weighted by Crippen LogP contribution is -2.38. The maximum absolute atomic E-state index is 9.09. The Morgan fingerprint density at radius 1 is 1.53 bits per heavy atom. The van der Waals surface area contributed by atoms with Gasteiger partial charge < -0.3 is 15.2 Å². The van der Waals surface area contributed by atoms with Crippen LogP contribution in [0, 0.1) is 0 Å². The highest BCUT2D eigenvalue weighted by Crippen LogP contribution is 2.08. The predicted octanol–water partition coefficient (Wildman–Crippen LogP) is 0.739. The van der Waals surface area contributed by atoms with E-state index in [2.05, 4.69) is 10.3 Å². The summed E-state index contributed by atoms with van der Waals surface area (Å²) < 4.78 is 4.99. The van der Waals surface area contributed by atoms with E-state index in [1.807, 2.05) is 25.1 Å². The van der Waals surface area contributed by atoms with Gasteiger partial charge in [-0.3, -0.25) is 4.98 Å². The largest absolute Gasteiger partial charge is 0.395 e. The van der Waals surface area contributed by atoms with Gasteiger partial charge in [0.05, 0.1) is 24.9 Å². The Bertz CT molecular complexity index is 267. The van der Waals surface area contributed by atoms with Gasteiger partial charge in [0.1, 0.15) is 0 Å². The first-order chi connectivity index (χ1) is 7.27. The van der Waals surface area contributed by atoms with Crippen LogP contribution in [0.3, 0.4) is 0 Å². The molecule has 2 N–H and O–H groups in total. The molecule has 0 bridgehead atoms. The summed E-state index contributed by atoms with van der Waals surface area (Å²) >= 11 is 0. The molecular weight excluding hydrogens is 192 g/mol. The number of hydrogen-bond acceptors (Lipinski definition) is 4. The second kappa shape index (κ2) is 6.50. The molecule has 0 saturated heterocycles. The summed E-state index contributed by atoms with van der Waals surface area (Å²) in [6.45, 7) is 2.57. The number of nitrogens with one attached hydrogen (secondary N) is 1. The van der Waals surface area contributed by atoms with E-state index >= 15 is 0 Å². The minimum Gasteiger partial charge on any atom is -0.395 e. The van der Waals surface area contributed by atoms with E-state index in [1.54, 1.807) is 13.3 Å². The van der Waals surface area contributed by atoms with Crippen LogP contribution in [0.15, 0.2) is 24.4 Å². The highest BCUT2D eigenvalue weighted by Gasteiger charge is 2.12. The number of rotatable bonds is 6. The molecule has 0 radical (unpaired) electrons. The lowest BCUT2D eigenvalue weighted by Gasteiger charge is -2.20. The highest BCUT2D eigenvalue weighted by atomic mass is 16.5. The van der Waals surface area contributed by atoms with Crippen LogP contribution in [0.4, 0.5) is 0 Å². The van der Waals surface area contributed by atoms with Crippen LogP contribution in [0.1, 0.15) is 18.7 Å². The van der Waals surface area contributed by atoms with E-state index in [0.717, 1.165) is 5.69 Å². The van der Waals surface area contributed by atoms with Crippen molar-refractivity contribution in [2.24, 2.45) is 0 Å². The molecule has 1 aromatic heterocycles. The molecule has 1 heterocycles. The molecule has 1 rings (SSSR count). The summed E-state index contributed by atoms with van der Waals surface area (Å²) in [5, 5.41) is 12.3. The molecular formula is C11H18N2O2. The molecule has 2 unspecified atom stereocenters. The van der Waals surface area contributed by atoms with Gasteiger partial charge in [-0.05, 0) is 19.1 Å².